The number of benzene rings is 2. The Kier molecular flexibility index (Phi) is 7.36. The monoisotopic (exact) mass is 383 g/mol. The molecule has 0 saturated heterocycles. The van der Waals surface area contributed by atoms with Crippen LogP contribution in [0.5, 0.6) is 5.75 Å². The first-order valence-corrected chi connectivity index (χ1v) is 10.2. The topological polar surface area (TPSA) is 58.6 Å². The Bertz CT molecular complexity index is 776. The molecule has 3 rings (SSSR count). The number of carbonyl (C=O) groups is 1. The first kappa shape index (κ1) is 19.5. The Hall–Kier alpha value is -2.24. The van der Waals surface area contributed by atoms with Gasteiger partial charge in [-0.2, -0.15) is 0 Å². The number of nitrogens with one attached hydrogen (secondary N) is 1. The molecule has 2 aromatic rings. The summed E-state index contributed by atoms with van der Waals surface area (Å²) in [6.45, 7) is 0.640. The first-order valence-electron chi connectivity index (χ1n) is 9.30. The van der Waals surface area contributed by atoms with Crippen molar-refractivity contribution in [3.8, 4) is 5.75 Å². The van der Waals surface area contributed by atoms with Gasteiger partial charge in [0.1, 0.15) is 5.75 Å². The molecule has 0 fully saturated rings. The number of carboxylic acids is 1. The third-order valence-electron chi connectivity index (χ3n) is 4.75. The molecule has 0 aliphatic heterocycles. The van der Waals surface area contributed by atoms with Crippen LogP contribution in [0.1, 0.15) is 41.9 Å². The number of carboxylic acid groups (broad SMARTS) is 1. The van der Waals surface area contributed by atoms with Crippen molar-refractivity contribution in [2.45, 2.75) is 31.6 Å². The summed E-state index contributed by atoms with van der Waals surface area (Å²) in [5.41, 5.74) is 3.70. The summed E-state index contributed by atoms with van der Waals surface area (Å²) in [7, 11) is 0. The fourth-order valence-corrected chi connectivity index (χ4v) is 4.06. The lowest BCUT2D eigenvalue weighted by atomic mass is 9.81. The number of ether oxygens (including phenoxy) is 1. The van der Waals surface area contributed by atoms with E-state index in [2.05, 4.69) is 34.4 Å². The van der Waals surface area contributed by atoms with Crippen molar-refractivity contribution < 1.29 is 14.6 Å². The van der Waals surface area contributed by atoms with Crippen molar-refractivity contribution in [1.82, 2.24) is 4.72 Å². The van der Waals surface area contributed by atoms with Crippen LogP contribution in [-0.4, -0.2) is 24.2 Å². The normalized spacial score (nSPS) is 16.2. The summed E-state index contributed by atoms with van der Waals surface area (Å²) in [5.74, 6) is 0.283. The van der Waals surface area contributed by atoms with Crippen molar-refractivity contribution >= 4 is 24.0 Å². The zero-order chi connectivity index (χ0) is 18.9. The Morgan fingerprint density at radius 2 is 2.07 bits per heavy atom. The summed E-state index contributed by atoms with van der Waals surface area (Å²) < 4.78 is 8.89. The van der Waals surface area contributed by atoms with Gasteiger partial charge in [-0.3, -0.25) is 4.72 Å². The van der Waals surface area contributed by atoms with Crippen LogP contribution in [0, 0.1) is 0 Å². The average Bonchev–Trinajstić information content (AvgIpc) is 2.69. The number of fused-ring (bicyclic) bond motifs is 1. The second-order valence-electron chi connectivity index (χ2n) is 6.61. The maximum absolute atomic E-state index is 10.8. The summed E-state index contributed by atoms with van der Waals surface area (Å²) in [6, 6.07) is 16.3. The average molecular weight is 384 g/mol. The highest BCUT2D eigenvalue weighted by atomic mass is 32.2. The number of rotatable bonds is 9. The van der Waals surface area contributed by atoms with Gasteiger partial charge in [0.2, 0.25) is 0 Å². The molecule has 0 aromatic heterocycles. The highest BCUT2D eigenvalue weighted by molar-refractivity contribution is 8.00. The van der Waals surface area contributed by atoms with Crippen molar-refractivity contribution in [2.24, 2.45) is 0 Å². The molecule has 0 heterocycles. The summed E-state index contributed by atoms with van der Waals surface area (Å²) >= 11 is 1.61. The van der Waals surface area contributed by atoms with E-state index in [0.717, 1.165) is 31.6 Å². The quantitative estimate of drug-likeness (QED) is 0.478. The van der Waals surface area contributed by atoms with Gasteiger partial charge >= 0.3 is 5.97 Å². The highest BCUT2D eigenvalue weighted by Gasteiger charge is 2.22. The van der Waals surface area contributed by atoms with Gasteiger partial charge in [-0.1, -0.05) is 54.4 Å². The van der Waals surface area contributed by atoms with Crippen LogP contribution in [0.2, 0.25) is 0 Å². The summed E-state index contributed by atoms with van der Waals surface area (Å²) in [4.78, 5) is 10.8. The van der Waals surface area contributed by atoms with Gasteiger partial charge < -0.3 is 9.84 Å². The predicted octanol–water partition coefficient (Wildman–Crippen LogP) is 4.87. The van der Waals surface area contributed by atoms with E-state index in [1.165, 1.54) is 23.1 Å². The second kappa shape index (κ2) is 10.2. The summed E-state index contributed by atoms with van der Waals surface area (Å²) in [5, 5.41) is 10.9. The molecule has 2 N–H and O–H groups in total. The van der Waals surface area contributed by atoms with E-state index < -0.39 is 5.97 Å². The van der Waals surface area contributed by atoms with E-state index in [1.54, 1.807) is 11.9 Å². The zero-order valence-electron chi connectivity index (χ0n) is 15.3. The molecule has 0 amide bonds. The molecule has 5 heteroatoms. The molecule has 0 saturated carbocycles. The molecular formula is C22H25NO3S. The minimum Gasteiger partial charge on any atom is -0.482 e. The minimum atomic E-state index is -0.940. The van der Waals surface area contributed by atoms with Gasteiger partial charge in [0.05, 0.1) is 0 Å². The molecular weight excluding hydrogens is 358 g/mol. The Morgan fingerprint density at radius 1 is 1.22 bits per heavy atom. The fraction of sp³-hybridized carbons (Fsp3) is 0.318. The third-order valence-corrected chi connectivity index (χ3v) is 5.39. The molecule has 0 spiro atoms. The van der Waals surface area contributed by atoms with Gasteiger partial charge in [-0.05, 0) is 65.8 Å². The largest absolute Gasteiger partial charge is 0.482 e. The Balaban J connectivity index is 1.50. The van der Waals surface area contributed by atoms with E-state index in [4.69, 9.17) is 9.84 Å². The standard InChI is InChI=1S/C22H25NO3S/c24-22(25)16-26-21-11-5-9-19-18(8-4-10-20(19)21)12-14-23-27-15-13-17-6-2-1-3-7-17/h1-3,5-7,9,11,13,15,18,23H,4,8,10,12,14,16H2,(H,24,25)/b15-13+. The third kappa shape index (κ3) is 5.88. The Morgan fingerprint density at radius 3 is 2.89 bits per heavy atom. The van der Waals surface area contributed by atoms with Gasteiger partial charge in [-0.15, -0.1) is 0 Å². The van der Waals surface area contributed by atoms with Crippen molar-refractivity contribution in [1.29, 1.82) is 0 Å². The van der Waals surface area contributed by atoms with Crippen molar-refractivity contribution in [3.63, 3.8) is 0 Å². The molecule has 2 aromatic carbocycles. The number of aliphatic carboxylic acids is 1. The SMILES string of the molecule is O=C(O)COc1cccc2c1CCCC2CCNS/C=C/c1ccccc1. The lowest BCUT2D eigenvalue weighted by molar-refractivity contribution is -0.139. The number of hydrogen-bond donors (Lipinski definition) is 2. The lowest BCUT2D eigenvalue weighted by Gasteiger charge is -2.27. The first-order chi connectivity index (χ1) is 13.2. The number of hydrogen-bond acceptors (Lipinski definition) is 4. The molecule has 1 unspecified atom stereocenters. The molecule has 1 aliphatic carbocycles. The molecule has 0 bridgehead atoms. The van der Waals surface area contributed by atoms with Crippen LogP contribution >= 0.6 is 11.9 Å². The fourth-order valence-electron chi connectivity index (χ4n) is 3.50. The van der Waals surface area contributed by atoms with Gasteiger partial charge in [-0.25, -0.2) is 4.79 Å². The van der Waals surface area contributed by atoms with E-state index >= 15 is 0 Å². The van der Waals surface area contributed by atoms with E-state index in [1.807, 2.05) is 30.3 Å². The van der Waals surface area contributed by atoms with Crippen LogP contribution < -0.4 is 9.46 Å². The van der Waals surface area contributed by atoms with Gasteiger partial charge in [0.15, 0.2) is 6.61 Å². The second-order valence-corrected chi connectivity index (χ2v) is 7.41. The van der Waals surface area contributed by atoms with Crippen LogP contribution in [-0.2, 0) is 11.2 Å². The smallest absolute Gasteiger partial charge is 0.341 e. The van der Waals surface area contributed by atoms with E-state index in [0.29, 0.717) is 5.92 Å². The lowest BCUT2D eigenvalue weighted by Crippen LogP contribution is -2.17. The molecule has 142 valence electrons. The van der Waals surface area contributed by atoms with Crippen molar-refractivity contribution in [2.75, 3.05) is 13.2 Å². The molecule has 1 atom stereocenters. The van der Waals surface area contributed by atoms with E-state index in [9.17, 15) is 4.79 Å². The maximum atomic E-state index is 10.8. The maximum Gasteiger partial charge on any atom is 0.341 e. The van der Waals surface area contributed by atoms with Gasteiger partial charge in [0, 0.05) is 6.54 Å². The molecule has 0 radical (unpaired) electrons. The Labute approximate surface area is 164 Å². The van der Waals surface area contributed by atoms with E-state index in [-0.39, 0.29) is 6.61 Å². The van der Waals surface area contributed by atoms with Crippen LogP contribution in [0.25, 0.3) is 6.08 Å². The minimum absolute atomic E-state index is 0.285. The zero-order valence-corrected chi connectivity index (χ0v) is 16.1. The highest BCUT2D eigenvalue weighted by Crippen LogP contribution is 2.38. The predicted molar refractivity (Wildman–Crippen MR) is 111 cm³/mol. The van der Waals surface area contributed by atoms with Crippen LogP contribution in [0.3, 0.4) is 0 Å². The summed E-state index contributed by atoms with van der Waals surface area (Å²) in [6.07, 6.45) is 6.40. The van der Waals surface area contributed by atoms with Crippen LogP contribution in [0.15, 0.2) is 53.9 Å². The molecule has 1 aliphatic rings. The molecule has 27 heavy (non-hydrogen) atoms. The van der Waals surface area contributed by atoms with Crippen LogP contribution in [0.4, 0.5) is 0 Å². The van der Waals surface area contributed by atoms with Gasteiger partial charge in [0.25, 0.3) is 0 Å². The van der Waals surface area contributed by atoms with Crippen molar-refractivity contribution in [3.05, 3.63) is 70.6 Å². The molecule has 4 nitrogen and oxygen atoms in total.